The van der Waals surface area contributed by atoms with E-state index in [-0.39, 0.29) is 24.0 Å². The molecule has 162 valence electrons. The number of pyridine rings is 2. The number of aromatic nitrogens is 2. The van der Waals surface area contributed by atoms with Crippen LogP contribution in [0.25, 0.3) is 5.76 Å². The molecule has 0 spiro atoms. The second kappa shape index (κ2) is 9.01. The van der Waals surface area contributed by atoms with Crippen molar-refractivity contribution in [3.8, 4) is 5.75 Å². The van der Waals surface area contributed by atoms with Crippen LogP contribution in [-0.4, -0.2) is 37.8 Å². The summed E-state index contributed by atoms with van der Waals surface area (Å²) < 4.78 is 5.65. The van der Waals surface area contributed by atoms with Gasteiger partial charge in [0.15, 0.2) is 0 Å². The zero-order valence-corrected chi connectivity index (χ0v) is 17.8. The minimum absolute atomic E-state index is 0.0129. The van der Waals surface area contributed by atoms with Crippen LogP contribution >= 0.6 is 0 Å². The van der Waals surface area contributed by atoms with Gasteiger partial charge in [0.05, 0.1) is 17.7 Å². The van der Waals surface area contributed by atoms with E-state index in [4.69, 9.17) is 4.74 Å². The molecule has 1 aliphatic rings. The van der Waals surface area contributed by atoms with Crippen molar-refractivity contribution in [1.82, 2.24) is 14.9 Å². The summed E-state index contributed by atoms with van der Waals surface area (Å²) in [5, 5.41) is 11.1. The third-order valence-electron chi connectivity index (χ3n) is 5.14. The normalized spacial score (nSPS) is 17.7. The first-order valence-electron chi connectivity index (χ1n) is 10.3. The molecule has 4 rings (SSSR count). The molecule has 1 amide bonds. The summed E-state index contributed by atoms with van der Waals surface area (Å²) in [7, 11) is 0. The highest BCUT2D eigenvalue weighted by molar-refractivity contribution is 6.46. The largest absolute Gasteiger partial charge is 0.507 e. The van der Waals surface area contributed by atoms with Crippen molar-refractivity contribution in [2.24, 2.45) is 0 Å². The number of amides is 1. The van der Waals surface area contributed by atoms with E-state index in [0.717, 1.165) is 5.56 Å². The number of rotatable bonds is 6. The molecule has 0 aliphatic carbocycles. The van der Waals surface area contributed by atoms with Crippen LogP contribution in [0, 0.1) is 0 Å². The molecule has 3 heterocycles. The number of aliphatic hydroxyl groups is 1. The molecule has 1 fully saturated rings. The lowest BCUT2D eigenvalue weighted by Crippen LogP contribution is -2.29. The minimum Gasteiger partial charge on any atom is -0.507 e. The van der Waals surface area contributed by atoms with Crippen LogP contribution in [0.1, 0.15) is 36.6 Å². The van der Waals surface area contributed by atoms with Crippen molar-refractivity contribution < 1.29 is 19.4 Å². The molecule has 1 atom stereocenters. The molecule has 32 heavy (non-hydrogen) atoms. The standard InChI is InChI=1S/C25H23N3O4/c1-16(2)32-20-7-5-19(6-8-20)23(29)21-22(18-9-12-26-13-10-18)28(25(31)24(21)30)15-17-4-3-11-27-14-17/h3-14,16,22,29H,15H2,1-2H3/b23-21+/t22-/m1/s1. The Bertz CT molecular complexity index is 1140. The van der Waals surface area contributed by atoms with Crippen LogP contribution in [0.2, 0.25) is 0 Å². The summed E-state index contributed by atoms with van der Waals surface area (Å²) in [6.07, 6.45) is 6.50. The predicted octanol–water partition coefficient (Wildman–Crippen LogP) is 3.89. The average molecular weight is 429 g/mol. The van der Waals surface area contributed by atoms with Crippen molar-refractivity contribution >= 4 is 17.4 Å². The van der Waals surface area contributed by atoms with Gasteiger partial charge in [-0.1, -0.05) is 6.07 Å². The molecule has 0 unspecified atom stereocenters. The Morgan fingerprint density at radius 2 is 1.75 bits per heavy atom. The summed E-state index contributed by atoms with van der Waals surface area (Å²) in [6.45, 7) is 4.03. The second-order valence-electron chi connectivity index (χ2n) is 7.76. The van der Waals surface area contributed by atoms with Gasteiger partial charge >= 0.3 is 0 Å². The second-order valence-corrected chi connectivity index (χ2v) is 7.76. The predicted molar refractivity (Wildman–Crippen MR) is 119 cm³/mol. The molecule has 1 aliphatic heterocycles. The van der Waals surface area contributed by atoms with Gasteiger partial charge in [0.1, 0.15) is 11.5 Å². The number of hydrogen-bond donors (Lipinski definition) is 1. The highest BCUT2D eigenvalue weighted by Crippen LogP contribution is 2.40. The van der Waals surface area contributed by atoms with Gasteiger partial charge in [0.2, 0.25) is 0 Å². The molecule has 0 saturated carbocycles. The smallest absolute Gasteiger partial charge is 0.295 e. The van der Waals surface area contributed by atoms with E-state index in [0.29, 0.717) is 16.9 Å². The highest BCUT2D eigenvalue weighted by atomic mass is 16.5. The molecule has 0 radical (unpaired) electrons. The third kappa shape index (κ3) is 4.23. The van der Waals surface area contributed by atoms with Gasteiger partial charge in [0, 0.05) is 36.9 Å². The van der Waals surface area contributed by atoms with Crippen LogP contribution < -0.4 is 4.74 Å². The number of Topliss-reactive ketones (excluding diaryl/α,β-unsaturated/α-hetero) is 1. The Morgan fingerprint density at radius 1 is 1.03 bits per heavy atom. The zero-order chi connectivity index (χ0) is 22.7. The maximum Gasteiger partial charge on any atom is 0.295 e. The number of carbonyl (C=O) groups excluding carboxylic acids is 2. The molecular weight excluding hydrogens is 406 g/mol. The Balaban J connectivity index is 1.78. The number of aliphatic hydroxyl groups excluding tert-OH is 1. The van der Waals surface area contributed by atoms with E-state index in [1.54, 1.807) is 67.3 Å². The van der Waals surface area contributed by atoms with E-state index in [9.17, 15) is 14.7 Å². The Labute approximate surface area is 186 Å². The Morgan fingerprint density at radius 3 is 2.38 bits per heavy atom. The van der Waals surface area contributed by atoms with Gasteiger partial charge in [-0.25, -0.2) is 0 Å². The van der Waals surface area contributed by atoms with Crippen molar-refractivity contribution in [3.63, 3.8) is 0 Å². The van der Waals surface area contributed by atoms with Gasteiger partial charge in [-0.15, -0.1) is 0 Å². The lowest BCUT2D eigenvalue weighted by atomic mass is 9.96. The molecule has 3 aromatic rings. The Kier molecular flexibility index (Phi) is 5.98. The molecule has 2 aromatic heterocycles. The summed E-state index contributed by atoms with van der Waals surface area (Å²) >= 11 is 0. The van der Waals surface area contributed by atoms with Crippen LogP contribution in [0.15, 0.2) is 78.9 Å². The van der Waals surface area contributed by atoms with E-state index >= 15 is 0 Å². The molecule has 1 saturated heterocycles. The lowest BCUT2D eigenvalue weighted by Gasteiger charge is -2.25. The molecule has 7 nitrogen and oxygen atoms in total. The fourth-order valence-electron chi connectivity index (χ4n) is 3.74. The maximum atomic E-state index is 13.1. The summed E-state index contributed by atoms with van der Waals surface area (Å²) in [5.74, 6) is -0.970. The van der Waals surface area contributed by atoms with Gasteiger partial charge < -0.3 is 14.7 Å². The molecule has 1 N–H and O–H groups in total. The van der Waals surface area contributed by atoms with E-state index < -0.39 is 17.7 Å². The van der Waals surface area contributed by atoms with Crippen molar-refractivity contribution in [2.45, 2.75) is 32.5 Å². The monoisotopic (exact) mass is 429 g/mol. The van der Waals surface area contributed by atoms with Gasteiger partial charge in [-0.2, -0.15) is 0 Å². The minimum atomic E-state index is -0.746. The number of nitrogens with zero attached hydrogens (tertiary/aromatic N) is 3. The number of ketones is 1. The fourth-order valence-corrected chi connectivity index (χ4v) is 3.74. The first-order chi connectivity index (χ1) is 15.5. The lowest BCUT2D eigenvalue weighted by molar-refractivity contribution is -0.140. The number of benzene rings is 1. The van der Waals surface area contributed by atoms with Crippen LogP contribution in [0.4, 0.5) is 0 Å². The topological polar surface area (TPSA) is 92.6 Å². The van der Waals surface area contributed by atoms with Gasteiger partial charge in [-0.3, -0.25) is 19.6 Å². The van der Waals surface area contributed by atoms with Crippen LogP contribution in [0.3, 0.4) is 0 Å². The van der Waals surface area contributed by atoms with E-state index in [2.05, 4.69) is 9.97 Å². The molecular formula is C25H23N3O4. The summed E-state index contributed by atoms with van der Waals surface area (Å²) in [5.41, 5.74) is 1.94. The number of hydrogen-bond acceptors (Lipinski definition) is 6. The molecule has 7 heteroatoms. The summed E-state index contributed by atoms with van der Waals surface area (Å²) in [6, 6.07) is 13.1. The number of carbonyl (C=O) groups is 2. The quantitative estimate of drug-likeness (QED) is 0.363. The van der Waals surface area contributed by atoms with Crippen molar-refractivity contribution in [3.05, 3.63) is 95.6 Å². The number of likely N-dealkylation sites (tertiary alicyclic amines) is 1. The van der Waals surface area contributed by atoms with Gasteiger partial charge in [0.25, 0.3) is 11.7 Å². The van der Waals surface area contributed by atoms with Crippen LogP contribution in [0.5, 0.6) is 5.75 Å². The molecule has 1 aromatic carbocycles. The SMILES string of the molecule is CC(C)Oc1ccc(/C(O)=C2\C(=O)C(=O)N(Cc3cccnc3)[C@@H]2c2ccncc2)cc1. The first-order valence-corrected chi connectivity index (χ1v) is 10.3. The molecule has 0 bridgehead atoms. The van der Waals surface area contributed by atoms with Crippen molar-refractivity contribution in [2.75, 3.05) is 0 Å². The summed E-state index contributed by atoms with van der Waals surface area (Å²) in [4.78, 5) is 35.6. The third-order valence-corrected chi connectivity index (χ3v) is 5.14. The first kappa shape index (κ1) is 21.2. The Hall–Kier alpha value is -4.00. The fraction of sp³-hybridized carbons (Fsp3) is 0.200. The van der Waals surface area contributed by atoms with E-state index in [1.807, 2.05) is 19.9 Å². The van der Waals surface area contributed by atoms with E-state index in [1.165, 1.54) is 4.90 Å². The zero-order valence-electron chi connectivity index (χ0n) is 17.8. The highest BCUT2D eigenvalue weighted by Gasteiger charge is 2.46. The van der Waals surface area contributed by atoms with Crippen molar-refractivity contribution in [1.29, 1.82) is 0 Å². The van der Waals surface area contributed by atoms with Crippen LogP contribution in [-0.2, 0) is 16.1 Å². The average Bonchev–Trinajstić information content (AvgIpc) is 3.05. The maximum absolute atomic E-state index is 13.1. The number of ether oxygens (including phenoxy) is 1. The van der Waals surface area contributed by atoms with Gasteiger partial charge in [-0.05, 0) is 67.4 Å².